The highest BCUT2D eigenvalue weighted by atomic mass is 127. The number of rotatable bonds is 6. The second-order valence-corrected chi connectivity index (χ2v) is 6.97. The number of hydrogen-bond donors (Lipinski definition) is 2. The van der Waals surface area contributed by atoms with Crippen LogP contribution in [0, 0.1) is 5.92 Å². The summed E-state index contributed by atoms with van der Waals surface area (Å²) in [4.78, 5) is 8.72. The number of hydrogen-bond acceptors (Lipinski definition) is 2. The van der Waals surface area contributed by atoms with Crippen molar-refractivity contribution in [3.8, 4) is 0 Å². The topological polar surface area (TPSA) is 68.2 Å². The van der Waals surface area contributed by atoms with Crippen LogP contribution < -0.4 is 11.1 Å². The number of aromatic nitrogens is 2. The summed E-state index contributed by atoms with van der Waals surface area (Å²) < 4.78 is 2.10. The van der Waals surface area contributed by atoms with Crippen molar-refractivity contribution in [2.75, 3.05) is 0 Å². The van der Waals surface area contributed by atoms with Gasteiger partial charge in [-0.25, -0.2) is 9.98 Å². The fourth-order valence-corrected chi connectivity index (χ4v) is 2.98. The molecule has 0 bridgehead atoms. The molecule has 0 fully saturated rings. The molecule has 8 heteroatoms. The van der Waals surface area contributed by atoms with Crippen molar-refractivity contribution >= 4 is 53.1 Å². The van der Waals surface area contributed by atoms with Crippen LogP contribution in [0.4, 0.5) is 0 Å². The van der Waals surface area contributed by atoms with E-state index in [0.29, 0.717) is 28.5 Å². The van der Waals surface area contributed by atoms with E-state index in [-0.39, 0.29) is 30.0 Å². The first-order valence-electron chi connectivity index (χ1n) is 7.88. The number of imidazole rings is 1. The van der Waals surface area contributed by atoms with Gasteiger partial charge < -0.3 is 15.6 Å². The molecular weight excluding hydrogens is 472 g/mol. The summed E-state index contributed by atoms with van der Waals surface area (Å²) in [6, 6.07) is 5.32. The number of halogens is 3. The van der Waals surface area contributed by atoms with E-state index >= 15 is 0 Å². The van der Waals surface area contributed by atoms with Crippen LogP contribution >= 0.6 is 47.2 Å². The van der Waals surface area contributed by atoms with Crippen LogP contribution in [-0.4, -0.2) is 15.5 Å². The fourth-order valence-electron chi connectivity index (χ4n) is 2.41. The summed E-state index contributed by atoms with van der Waals surface area (Å²) >= 11 is 12.1. The van der Waals surface area contributed by atoms with Gasteiger partial charge in [0.25, 0.3) is 0 Å². The lowest BCUT2D eigenvalue weighted by Crippen LogP contribution is -2.34. The van der Waals surface area contributed by atoms with Gasteiger partial charge in [-0.05, 0) is 30.5 Å². The molecule has 1 atom stereocenters. The molecule has 0 saturated carbocycles. The summed E-state index contributed by atoms with van der Waals surface area (Å²) in [5, 5.41) is 4.35. The zero-order valence-corrected chi connectivity index (χ0v) is 18.4. The quantitative estimate of drug-likeness (QED) is 0.348. The summed E-state index contributed by atoms with van der Waals surface area (Å²) in [5.41, 5.74) is 6.91. The number of aliphatic imine (C=N–C) groups is 1. The van der Waals surface area contributed by atoms with Crippen LogP contribution in [0.1, 0.15) is 38.2 Å². The van der Waals surface area contributed by atoms with Gasteiger partial charge in [-0.15, -0.1) is 24.0 Å². The van der Waals surface area contributed by atoms with Crippen molar-refractivity contribution in [2.24, 2.45) is 16.6 Å². The highest BCUT2D eigenvalue weighted by molar-refractivity contribution is 14.0. The van der Waals surface area contributed by atoms with Crippen LogP contribution in [0.25, 0.3) is 0 Å². The zero-order valence-electron chi connectivity index (χ0n) is 14.5. The number of nitrogens with one attached hydrogen (secondary N) is 1. The summed E-state index contributed by atoms with van der Waals surface area (Å²) in [6.45, 7) is 7.65. The maximum atomic E-state index is 6.22. The maximum absolute atomic E-state index is 6.22. The van der Waals surface area contributed by atoms with Crippen LogP contribution in [-0.2, 0) is 13.1 Å². The Bertz CT molecular complexity index is 715. The van der Waals surface area contributed by atoms with Crippen molar-refractivity contribution in [1.82, 2.24) is 14.9 Å². The number of guanidine groups is 1. The Hall–Kier alpha value is -0.990. The lowest BCUT2D eigenvalue weighted by Gasteiger charge is -2.16. The van der Waals surface area contributed by atoms with Gasteiger partial charge in [0.15, 0.2) is 5.96 Å². The van der Waals surface area contributed by atoms with E-state index in [0.717, 1.165) is 17.9 Å². The number of nitrogens with zero attached hydrogens (tertiary/aromatic N) is 3. The standard InChI is InChI=1S/C17H23Cl2N5.HI/c1-11(2)10-24-7-6-21-16(24)9-22-17(20)23-12(3)14-5-4-13(18)8-15(14)19;/h4-8,11-12H,9-10H2,1-3H3,(H3,20,22,23);1H. The molecule has 0 aliphatic heterocycles. The maximum Gasteiger partial charge on any atom is 0.189 e. The van der Waals surface area contributed by atoms with E-state index in [1.165, 1.54) is 0 Å². The van der Waals surface area contributed by atoms with Gasteiger partial charge in [-0.3, -0.25) is 0 Å². The van der Waals surface area contributed by atoms with Crippen molar-refractivity contribution < 1.29 is 0 Å². The van der Waals surface area contributed by atoms with E-state index < -0.39 is 0 Å². The molecule has 5 nitrogen and oxygen atoms in total. The Morgan fingerprint density at radius 3 is 2.68 bits per heavy atom. The molecule has 1 aromatic heterocycles. The predicted molar refractivity (Wildman–Crippen MR) is 116 cm³/mol. The Kier molecular flexibility index (Phi) is 9.02. The average Bonchev–Trinajstić information content (AvgIpc) is 2.91. The molecule has 2 rings (SSSR count). The fraction of sp³-hybridized carbons (Fsp3) is 0.412. The molecule has 3 N–H and O–H groups in total. The van der Waals surface area contributed by atoms with Gasteiger partial charge >= 0.3 is 0 Å². The van der Waals surface area contributed by atoms with Crippen LogP contribution in [0.15, 0.2) is 35.6 Å². The minimum absolute atomic E-state index is 0. The van der Waals surface area contributed by atoms with Gasteiger partial charge in [0, 0.05) is 29.0 Å². The van der Waals surface area contributed by atoms with E-state index in [4.69, 9.17) is 28.9 Å². The smallest absolute Gasteiger partial charge is 0.189 e. The first-order valence-corrected chi connectivity index (χ1v) is 8.63. The van der Waals surface area contributed by atoms with Gasteiger partial charge in [0.2, 0.25) is 0 Å². The minimum atomic E-state index is -0.0751. The lowest BCUT2D eigenvalue weighted by atomic mass is 10.1. The molecule has 2 aromatic rings. The number of benzene rings is 1. The molecule has 0 radical (unpaired) electrons. The SMILES string of the molecule is CC(C)Cn1ccnc1CN=C(N)NC(C)c1ccc(Cl)cc1Cl.I. The molecule has 0 aliphatic rings. The molecule has 1 unspecified atom stereocenters. The summed E-state index contributed by atoms with van der Waals surface area (Å²) in [6.07, 6.45) is 3.75. The van der Waals surface area contributed by atoms with Crippen LogP contribution in [0.3, 0.4) is 0 Å². The average molecular weight is 496 g/mol. The second-order valence-electron chi connectivity index (χ2n) is 6.12. The third kappa shape index (κ3) is 6.67. The van der Waals surface area contributed by atoms with Crippen molar-refractivity contribution in [3.63, 3.8) is 0 Å². The van der Waals surface area contributed by atoms with Gasteiger partial charge in [0.1, 0.15) is 12.4 Å². The minimum Gasteiger partial charge on any atom is -0.370 e. The molecule has 0 amide bonds. The van der Waals surface area contributed by atoms with Crippen molar-refractivity contribution in [2.45, 2.75) is 39.9 Å². The molecule has 0 aliphatic carbocycles. The molecule has 138 valence electrons. The summed E-state index contributed by atoms with van der Waals surface area (Å²) in [7, 11) is 0. The van der Waals surface area contributed by atoms with Crippen molar-refractivity contribution in [1.29, 1.82) is 0 Å². The van der Waals surface area contributed by atoms with Crippen molar-refractivity contribution in [3.05, 3.63) is 52.0 Å². The first-order chi connectivity index (χ1) is 11.4. The van der Waals surface area contributed by atoms with E-state index in [9.17, 15) is 0 Å². The molecule has 0 spiro atoms. The van der Waals surface area contributed by atoms with Crippen LogP contribution in [0.5, 0.6) is 0 Å². The Labute approximate surface area is 176 Å². The zero-order chi connectivity index (χ0) is 17.7. The Balaban J connectivity index is 0.00000312. The largest absolute Gasteiger partial charge is 0.370 e. The molecular formula is C17H24Cl2IN5. The van der Waals surface area contributed by atoms with Gasteiger partial charge in [-0.2, -0.15) is 0 Å². The predicted octanol–water partition coefficient (Wildman–Crippen LogP) is 4.63. The highest BCUT2D eigenvalue weighted by Gasteiger charge is 2.11. The summed E-state index contributed by atoms with van der Waals surface area (Å²) in [5.74, 6) is 1.79. The third-order valence-corrected chi connectivity index (χ3v) is 4.11. The monoisotopic (exact) mass is 495 g/mol. The van der Waals surface area contributed by atoms with Gasteiger partial charge in [-0.1, -0.05) is 43.1 Å². The second kappa shape index (κ2) is 10.2. The number of nitrogens with two attached hydrogens (primary N) is 1. The highest BCUT2D eigenvalue weighted by Crippen LogP contribution is 2.25. The van der Waals surface area contributed by atoms with E-state index in [1.54, 1.807) is 18.3 Å². The van der Waals surface area contributed by atoms with E-state index in [1.807, 2.05) is 19.2 Å². The van der Waals surface area contributed by atoms with Gasteiger partial charge in [0.05, 0.1) is 6.04 Å². The molecule has 1 heterocycles. The lowest BCUT2D eigenvalue weighted by molar-refractivity contribution is 0.507. The third-order valence-electron chi connectivity index (χ3n) is 3.55. The Morgan fingerprint density at radius 1 is 1.32 bits per heavy atom. The molecule has 25 heavy (non-hydrogen) atoms. The van der Waals surface area contributed by atoms with E-state index in [2.05, 4.69) is 33.7 Å². The normalized spacial score (nSPS) is 12.8. The van der Waals surface area contributed by atoms with Crippen LogP contribution in [0.2, 0.25) is 10.0 Å². The first kappa shape index (κ1) is 22.1. The Morgan fingerprint density at radius 2 is 2.04 bits per heavy atom. The molecule has 0 saturated heterocycles. The molecule has 1 aromatic carbocycles.